The zero-order valence-corrected chi connectivity index (χ0v) is 15.9. The normalized spacial score (nSPS) is 20.8. The summed E-state index contributed by atoms with van der Waals surface area (Å²) < 4.78 is 16.0. The fourth-order valence-corrected chi connectivity index (χ4v) is 3.68. The van der Waals surface area contributed by atoms with E-state index in [1.54, 1.807) is 19.2 Å². The Morgan fingerprint density at radius 1 is 1.08 bits per heavy atom. The maximum Gasteiger partial charge on any atom is 0.255 e. The Kier molecular flexibility index (Phi) is 6.93. The Hall–Kier alpha value is -1.95. The summed E-state index contributed by atoms with van der Waals surface area (Å²) >= 11 is 0. The molecule has 2 rings (SSSR count). The van der Waals surface area contributed by atoms with Crippen LogP contribution in [-0.2, 0) is 0 Å². The SMILES string of the molecule is COc1ccc(C(=O)NCCN2CC(C)CC(C)C2)c(OC)c1OC. The standard InChI is InChI=1S/C19H30N2O4/c1-13-10-14(2)12-21(11-13)9-8-20-19(22)15-6-7-16(23-3)18(25-5)17(15)24-4/h6-7,13-14H,8-12H2,1-5H3,(H,20,22). The number of nitrogens with zero attached hydrogens (tertiary/aromatic N) is 1. The molecule has 2 unspecified atom stereocenters. The van der Waals surface area contributed by atoms with E-state index >= 15 is 0 Å². The van der Waals surface area contributed by atoms with Gasteiger partial charge < -0.3 is 24.4 Å². The van der Waals surface area contributed by atoms with Gasteiger partial charge in [-0.3, -0.25) is 4.79 Å². The average molecular weight is 350 g/mol. The summed E-state index contributed by atoms with van der Waals surface area (Å²) in [4.78, 5) is 15.0. The van der Waals surface area contributed by atoms with Crippen molar-refractivity contribution < 1.29 is 19.0 Å². The van der Waals surface area contributed by atoms with Gasteiger partial charge in [0.15, 0.2) is 11.5 Å². The number of piperidine rings is 1. The van der Waals surface area contributed by atoms with Crippen molar-refractivity contribution in [1.82, 2.24) is 10.2 Å². The first-order valence-corrected chi connectivity index (χ1v) is 8.79. The largest absolute Gasteiger partial charge is 0.493 e. The first-order valence-electron chi connectivity index (χ1n) is 8.79. The minimum absolute atomic E-state index is 0.170. The maximum absolute atomic E-state index is 12.6. The Labute approximate surface area is 150 Å². The van der Waals surface area contributed by atoms with Gasteiger partial charge in [0, 0.05) is 26.2 Å². The molecule has 25 heavy (non-hydrogen) atoms. The molecule has 140 valence electrons. The number of nitrogens with one attached hydrogen (secondary N) is 1. The molecule has 6 nitrogen and oxygen atoms in total. The third-order valence-corrected chi connectivity index (χ3v) is 4.61. The number of amides is 1. The van der Waals surface area contributed by atoms with Crippen LogP contribution >= 0.6 is 0 Å². The highest BCUT2D eigenvalue weighted by Crippen LogP contribution is 2.39. The molecule has 1 aliphatic heterocycles. The monoisotopic (exact) mass is 350 g/mol. The lowest BCUT2D eigenvalue weighted by Crippen LogP contribution is -2.42. The van der Waals surface area contributed by atoms with Crippen molar-refractivity contribution in [3.63, 3.8) is 0 Å². The van der Waals surface area contributed by atoms with Crippen molar-refractivity contribution in [2.24, 2.45) is 11.8 Å². The van der Waals surface area contributed by atoms with Crippen LogP contribution in [0.2, 0.25) is 0 Å². The van der Waals surface area contributed by atoms with Crippen LogP contribution in [0.4, 0.5) is 0 Å². The molecular formula is C19H30N2O4. The quantitative estimate of drug-likeness (QED) is 0.818. The number of carbonyl (C=O) groups is 1. The Morgan fingerprint density at radius 2 is 1.72 bits per heavy atom. The molecule has 0 radical (unpaired) electrons. The van der Waals surface area contributed by atoms with E-state index in [1.807, 2.05) is 0 Å². The molecule has 1 saturated heterocycles. The molecule has 0 saturated carbocycles. The minimum atomic E-state index is -0.170. The van der Waals surface area contributed by atoms with Gasteiger partial charge in [0.05, 0.1) is 26.9 Å². The van der Waals surface area contributed by atoms with Crippen LogP contribution in [-0.4, -0.2) is 58.3 Å². The van der Waals surface area contributed by atoms with E-state index in [4.69, 9.17) is 14.2 Å². The minimum Gasteiger partial charge on any atom is -0.493 e. The number of hydrogen-bond donors (Lipinski definition) is 1. The van der Waals surface area contributed by atoms with Gasteiger partial charge >= 0.3 is 0 Å². The topological polar surface area (TPSA) is 60.0 Å². The van der Waals surface area contributed by atoms with Gasteiger partial charge in [0.2, 0.25) is 5.75 Å². The third kappa shape index (κ3) is 4.78. The molecule has 0 spiro atoms. The fourth-order valence-electron chi connectivity index (χ4n) is 3.68. The first kappa shape index (κ1) is 19.4. The number of benzene rings is 1. The number of carbonyl (C=O) groups excluding carboxylic acids is 1. The lowest BCUT2D eigenvalue weighted by atomic mass is 9.92. The summed E-state index contributed by atoms with van der Waals surface area (Å²) in [6.07, 6.45) is 1.28. The zero-order valence-electron chi connectivity index (χ0n) is 15.9. The van der Waals surface area contributed by atoms with Gasteiger partial charge in [-0.15, -0.1) is 0 Å². The van der Waals surface area contributed by atoms with Crippen LogP contribution in [0.5, 0.6) is 17.2 Å². The van der Waals surface area contributed by atoms with Crippen molar-refractivity contribution in [2.45, 2.75) is 20.3 Å². The number of rotatable bonds is 7. The van der Waals surface area contributed by atoms with Crippen LogP contribution in [0, 0.1) is 11.8 Å². The highest BCUT2D eigenvalue weighted by molar-refractivity contribution is 5.98. The lowest BCUT2D eigenvalue weighted by molar-refractivity contribution is 0.0933. The highest BCUT2D eigenvalue weighted by atomic mass is 16.5. The predicted octanol–water partition coefficient (Wildman–Crippen LogP) is 2.42. The maximum atomic E-state index is 12.6. The Balaban J connectivity index is 1.99. The second-order valence-electron chi connectivity index (χ2n) is 6.84. The van der Waals surface area contributed by atoms with Gasteiger partial charge in [-0.2, -0.15) is 0 Å². The number of likely N-dealkylation sites (tertiary alicyclic amines) is 1. The molecule has 1 N–H and O–H groups in total. The second kappa shape index (κ2) is 8.94. The highest BCUT2D eigenvalue weighted by Gasteiger charge is 2.23. The molecular weight excluding hydrogens is 320 g/mol. The van der Waals surface area contributed by atoms with E-state index in [1.165, 1.54) is 20.6 Å². The van der Waals surface area contributed by atoms with Gasteiger partial charge in [0.25, 0.3) is 5.91 Å². The average Bonchev–Trinajstić information content (AvgIpc) is 2.59. The Morgan fingerprint density at radius 3 is 2.28 bits per heavy atom. The predicted molar refractivity (Wildman–Crippen MR) is 97.8 cm³/mol. The van der Waals surface area contributed by atoms with Crippen molar-refractivity contribution >= 4 is 5.91 Å². The summed E-state index contributed by atoms with van der Waals surface area (Å²) in [5.41, 5.74) is 0.445. The number of ether oxygens (including phenoxy) is 3. The molecule has 0 bridgehead atoms. The number of methoxy groups -OCH3 is 3. The van der Waals surface area contributed by atoms with Crippen LogP contribution in [0.25, 0.3) is 0 Å². The van der Waals surface area contributed by atoms with E-state index in [2.05, 4.69) is 24.1 Å². The van der Waals surface area contributed by atoms with Gasteiger partial charge in [-0.05, 0) is 30.4 Å². The summed E-state index contributed by atoms with van der Waals surface area (Å²) in [5.74, 6) is 2.61. The fraction of sp³-hybridized carbons (Fsp3) is 0.632. The summed E-state index contributed by atoms with van der Waals surface area (Å²) in [6.45, 7) is 8.23. The van der Waals surface area contributed by atoms with Crippen LogP contribution in [0.15, 0.2) is 12.1 Å². The van der Waals surface area contributed by atoms with E-state index in [0.717, 1.165) is 19.6 Å². The second-order valence-corrected chi connectivity index (χ2v) is 6.84. The van der Waals surface area contributed by atoms with E-state index in [0.29, 0.717) is 41.2 Å². The third-order valence-electron chi connectivity index (χ3n) is 4.61. The van der Waals surface area contributed by atoms with Gasteiger partial charge in [-0.1, -0.05) is 13.8 Å². The van der Waals surface area contributed by atoms with E-state index < -0.39 is 0 Å². The van der Waals surface area contributed by atoms with Gasteiger partial charge in [-0.25, -0.2) is 0 Å². The van der Waals surface area contributed by atoms with Crippen molar-refractivity contribution in [2.75, 3.05) is 47.5 Å². The van der Waals surface area contributed by atoms with Crippen molar-refractivity contribution in [3.8, 4) is 17.2 Å². The molecule has 2 atom stereocenters. The van der Waals surface area contributed by atoms with Crippen LogP contribution in [0.1, 0.15) is 30.6 Å². The molecule has 1 aromatic carbocycles. The van der Waals surface area contributed by atoms with E-state index in [9.17, 15) is 4.79 Å². The molecule has 0 aliphatic carbocycles. The van der Waals surface area contributed by atoms with Gasteiger partial charge in [0.1, 0.15) is 0 Å². The summed E-state index contributed by atoms with van der Waals surface area (Å²) in [5, 5.41) is 2.98. The smallest absolute Gasteiger partial charge is 0.255 e. The van der Waals surface area contributed by atoms with E-state index in [-0.39, 0.29) is 5.91 Å². The van der Waals surface area contributed by atoms with Crippen LogP contribution in [0.3, 0.4) is 0 Å². The number of hydrogen-bond acceptors (Lipinski definition) is 5. The molecule has 1 amide bonds. The lowest BCUT2D eigenvalue weighted by Gasteiger charge is -2.34. The molecule has 1 heterocycles. The van der Waals surface area contributed by atoms with Crippen LogP contribution < -0.4 is 19.5 Å². The molecule has 6 heteroatoms. The summed E-state index contributed by atoms with van der Waals surface area (Å²) in [6, 6.07) is 3.41. The zero-order chi connectivity index (χ0) is 18.4. The first-order chi connectivity index (χ1) is 12.0. The Bertz CT molecular complexity index is 581. The van der Waals surface area contributed by atoms with Crippen molar-refractivity contribution in [1.29, 1.82) is 0 Å². The van der Waals surface area contributed by atoms with Crippen molar-refractivity contribution in [3.05, 3.63) is 17.7 Å². The molecule has 0 aromatic heterocycles. The summed E-state index contributed by atoms with van der Waals surface area (Å²) in [7, 11) is 4.60. The molecule has 1 aliphatic rings. The molecule has 1 fully saturated rings. The molecule has 1 aromatic rings.